The van der Waals surface area contributed by atoms with E-state index in [-0.39, 0.29) is 22.7 Å². The van der Waals surface area contributed by atoms with E-state index in [2.05, 4.69) is 4.99 Å². The number of aliphatic imine (C=N–C) groups is 1. The number of hydrogen-bond donors (Lipinski definition) is 0. The van der Waals surface area contributed by atoms with Gasteiger partial charge in [0.15, 0.2) is 0 Å². The maximum atomic E-state index is 11.7. The first kappa shape index (κ1) is 11.9. The molecule has 1 aliphatic carbocycles. The highest BCUT2D eigenvalue weighted by atomic mass is 32.2. The second-order valence-corrected chi connectivity index (χ2v) is 4.50. The van der Waals surface area contributed by atoms with Crippen LogP contribution in [0.4, 0.5) is 0 Å². The Balaban J connectivity index is 2.24. The van der Waals surface area contributed by atoms with Crippen LogP contribution in [0.2, 0.25) is 0 Å². The molecule has 1 aliphatic heterocycles. The van der Waals surface area contributed by atoms with Crippen LogP contribution in [-0.4, -0.2) is 28.7 Å². The molecule has 0 aromatic rings. The van der Waals surface area contributed by atoms with Gasteiger partial charge in [0.05, 0.1) is 23.6 Å². The van der Waals surface area contributed by atoms with Crippen molar-refractivity contribution in [2.45, 2.75) is 12.2 Å². The Kier molecular flexibility index (Phi) is 3.58. The fraction of sp³-hybridized carbons (Fsp3) is 0.250. The minimum Gasteiger partial charge on any atom is -0.463 e. The highest BCUT2D eigenvalue weighted by molar-refractivity contribution is 8.15. The summed E-state index contributed by atoms with van der Waals surface area (Å²) < 4.78 is 4.75. The van der Waals surface area contributed by atoms with Crippen LogP contribution in [0.1, 0.15) is 6.92 Å². The third-order valence-corrected chi connectivity index (χ3v) is 3.27. The average Bonchev–Trinajstić information content (AvgIpc) is 2.30. The molecule has 1 unspecified atom stereocenters. The molecule has 0 amide bonds. The molecule has 2 aliphatic rings. The van der Waals surface area contributed by atoms with E-state index in [0.717, 1.165) is 23.5 Å². The van der Waals surface area contributed by atoms with E-state index < -0.39 is 5.97 Å². The molecule has 0 radical (unpaired) electrons. The zero-order chi connectivity index (χ0) is 12.3. The maximum absolute atomic E-state index is 11.7. The zero-order valence-corrected chi connectivity index (χ0v) is 10.1. The van der Waals surface area contributed by atoms with Gasteiger partial charge >= 0.3 is 5.97 Å². The molecule has 0 aromatic heterocycles. The van der Waals surface area contributed by atoms with Crippen molar-refractivity contribution in [1.29, 1.82) is 0 Å². The summed E-state index contributed by atoms with van der Waals surface area (Å²) in [7, 11) is 0. The quantitative estimate of drug-likeness (QED) is 0.551. The maximum Gasteiger partial charge on any atom is 0.333 e. The van der Waals surface area contributed by atoms with E-state index in [1.807, 2.05) is 24.3 Å². The van der Waals surface area contributed by atoms with Crippen LogP contribution in [0.5, 0.6) is 0 Å². The number of carbonyl (C=O) groups is 2. The minimum atomic E-state index is -0.533. The SMILES string of the molecule is CCOC(=O)/C=C1\N=C2C=CC=CC2SC1=O. The molecule has 1 heterocycles. The van der Waals surface area contributed by atoms with Crippen molar-refractivity contribution in [3.05, 3.63) is 36.1 Å². The minimum absolute atomic E-state index is 0.0353. The topological polar surface area (TPSA) is 55.7 Å². The lowest BCUT2D eigenvalue weighted by atomic mass is 10.1. The summed E-state index contributed by atoms with van der Waals surface area (Å²) in [6, 6.07) is 0. The number of allylic oxidation sites excluding steroid dienone is 3. The average molecular weight is 249 g/mol. The van der Waals surface area contributed by atoms with Crippen LogP contribution in [0.15, 0.2) is 41.1 Å². The van der Waals surface area contributed by atoms with Gasteiger partial charge in [0.2, 0.25) is 5.12 Å². The molecule has 0 saturated heterocycles. The lowest BCUT2D eigenvalue weighted by molar-refractivity contribution is -0.137. The van der Waals surface area contributed by atoms with Crippen molar-refractivity contribution in [1.82, 2.24) is 0 Å². The molecular weight excluding hydrogens is 238 g/mol. The van der Waals surface area contributed by atoms with E-state index in [4.69, 9.17) is 4.74 Å². The van der Waals surface area contributed by atoms with Crippen LogP contribution in [0, 0.1) is 0 Å². The summed E-state index contributed by atoms with van der Waals surface area (Å²) in [5.41, 5.74) is 0.937. The summed E-state index contributed by atoms with van der Waals surface area (Å²) >= 11 is 1.15. The summed E-state index contributed by atoms with van der Waals surface area (Å²) in [6.45, 7) is 2.00. The molecule has 0 fully saturated rings. The first-order valence-corrected chi connectivity index (χ1v) is 6.11. The van der Waals surface area contributed by atoms with Gasteiger partial charge in [-0.2, -0.15) is 0 Å². The number of rotatable bonds is 2. The van der Waals surface area contributed by atoms with Crippen LogP contribution >= 0.6 is 11.8 Å². The monoisotopic (exact) mass is 249 g/mol. The second kappa shape index (κ2) is 5.14. The Bertz CT molecular complexity index is 474. The molecule has 0 spiro atoms. The molecule has 0 N–H and O–H groups in total. The van der Waals surface area contributed by atoms with E-state index in [0.29, 0.717) is 0 Å². The Morgan fingerprint density at radius 3 is 3.18 bits per heavy atom. The van der Waals surface area contributed by atoms with Crippen molar-refractivity contribution in [2.75, 3.05) is 6.61 Å². The number of ether oxygens (including phenoxy) is 1. The molecule has 4 nitrogen and oxygen atoms in total. The second-order valence-electron chi connectivity index (χ2n) is 3.39. The Labute approximate surface area is 103 Å². The summed E-state index contributed by atoms with van der Waals surface area (Å²) in [5, 5.41) is -0.237. The standard InChI is InChI=1S/C12H11NO3S/c1-2-16-11(14)7-9-12(15)17-10-6-4-3-5-8(10)13-9/h3-7,10H,2H2,1H3/b9-7-. The number of hydrogen-bond acceptors (Lipinski definition) is 5. The molecule has 0 aromatic carbocycles. The third kappa shape index (κ3) is 2.74. The number of fused-ring (bicyclic) bond motifs is 1. The van der Waals surface area contributed by atoms with Gasteiger partial charge in [-0.1, -0.05) is 30.0 Å². The smallest absolute Gasteiger partial charge is 0.333 e. The molecule has 0 saturated carbocycles. The molecule has 17 heavy (non-hydrogen) atoms. The molecule has 0 bridgehead atoms. The summed E-state index contributed by atoms with van der Waals surface area (Å²) in [5.74, 6) is -0.533. The predicted molar refractivity (Wildman–Crippen MR) is 66.8 cm³/mol. The number of thioether (sulfide) groups is 1. The predicted octanol–water partition coefficient (Wildman–Crippen LogP) is 1.64. The highest BCUT2D eigenvalue weighted by Crippen LogP contribution is 2.28. The molecular formula is C12H11NO3S. The van der Waals surface area contributed by atoms with Gasteiger partial charge in [0.1, 0.15) is 5.70 Å². The van der Waals surface area contributed by atoms with Crippen molar-refractivity contribution >= 4 is 28.6 Å². The summed E-state index contributed by atoms with van der Waals surface area (Å²) in [6.07, 6.45) is 8.62. The van der Waals surface area contributed by atoms with Crippen LogP contribution in [-0.2, 0) is 14.3 Å². The Hall–Kier alpha value is -1.62. The largest absolute Gasteiger partial charge is 0.463 e. The Morgan fingerprint density at radius 1 is 1.59 bits per heavy atom. The fourth-order valence-electron chi connectivity index (χ4n) is 1.46. The first-order chi connectivity index (χ1) is 8.20. The normalized spacial score (nSPS) is 24.5. The summed E-state index contributed by atoms with van der Waals surface area (Å²) in [4.78, 5) is 27.1. The van der Waals surface area contributed by atoms with Gasteiger partial charge in [0.25, 0.3) is 0 Å². The van der Waals surface area contributed by atoms with Crippen molar-refractivity contribution in [2.24, 2.45) is 4.99 Å². The van der Waals surface area contributed by atoms with Gasteiger partial charge in [0, 0.05) is 0 Å². The molecule has 2 rings (SSSR count). The van der Waals surface area contributed by atoms with Gasteiger partial charge in [-0.3, -0.25) is 4.79 Å². The fourth-order valence-corrected chi connectivity index (χ4v) is 2.34. The van der Waals surface area contributed by atoms with E-state index in [1.165, 1.54) is 0 Å². The molecule has 5 heteroatoms. The zero-order valence-electron chi connectivity index (χ0n) is 9.25. The van der Waals surface area contributed by atoms with Crippen LogP contribution < -0.4 is 0 Å². The number of nitrogens with zero attached hydrogens (tertiary/aromatic N) is 1. The Morgan fingerprint density at radius 2 is 2.41 bits per heavy atom. The van der Waals surface area contributed by atoms with Crippen LogP contribution in [0.25, 0.3) is 0 Å². The number of esters is 1. The molecule has 1 atom stereocenters. The van der Waals surface area contributed by atoms with E-state index >= 15 is 0 Å². The van der Waals surface area contributed by atoms with E-state index in [1.54, 1.807) is 6.92 Å². The van der Waals surface area contributed by atoms with Crippen molar-refractivity contribution in [3.8, 4) is 0 Å². The number of carbonyl (C=O) groups excluding carboxylic acids is 2. The van der Waals surface area contributed by atoms with Crippen LogP contribution in [0.3, 0.4) is 0 Å². The van der Waals surface area contributed by atoms with Crippen molar-refractivity contribution in [3.63, 3.8) is 0 Å². The van der Waals surface area contributed by atoms with Crippen molar-refractivity contribution < 1.29 is 14.3 Å². The third-order valence-electron chi connectivity index (χ3n) is 2.19. The van der Waals surface area contributed by atoms with Gasteiger partial charge in [-0.05, 0) is 13.0 Å². The first-order valence-electron chi connectivity index (χ1n) is 5.23. The lowest BCUT2D eigenvalue weighted by Crippen LogP contribution is -2.23. The highest BCUT2D eigenvalue weighted by Gasteiger charge is 2.26. The lowest BCUT2D eigenvalue weighted by Gasteiger charge is -2.19. The van der Waals surface area contributed by atoms with Gasteiger partial charge < -0.3 is 4.74 Å². The van der Waals surface area contributed by atoms with E-state index in [9.17, 15) is 9.59 Å². The molecule has 88 valence electrons. The van der Waals surface area contributed by atoms with Gasteiger partial charge in [-0.15, -0.1) is 0 Å². The van der Waals surface area contributed by atoms with Gasteiger partial charge in [-0.25, -0.2) is 9.79 Å².